The minimum absolute atomic E-state index is 0.716. The predicted molar refractivity (Wildman–Crippen MR) is 77.9 cm³/mol. The van der Waals surface area contributed by atoms with Crippen molar-refractivity contribution in [3.8, 4) is 0 Å². The van der Waals surface area contributed by atoms with E-state index in [1.54, 1.807) is 0 Å². The Morgan fingerprint density at radius 2 is 2.41 bits per heavy atom. The zero-order valence-electron chi connectivity index (χ0n) is 10.7. The summed E-state index contributed by atoms with van der Waals surface area (Å²) in [5, 5.41) is 5.82. The average Bonchev–Trinajstić information content (AvgIpc) is 2.84. The summed E-state index contributed by atoms with van der Waals surface area (Å²) in [5.74, 6) is 0. The first-order chi connectivity index (χ1) is 8.31. The molecule has 0 bridgehead atoms. The molecule has 0 amide bonds. The van der Waals surface area contributed by atoms with E-state index in [-0.39, 0.29) is 0 Å². The van der Waals surface area contributed by atoms with Crippen LogP contribution in [0.15, 0.2) is 6.20 Å². The van der Waals surface area contributed by atoms with Crippen molar-refractivity contribution >= 4 is 23.1 Å². The van der Waals surface area contributed by atoms with E-state index in [0.29, 0.717) is 6.04 Å². The summed E-state index contributed by atoms with van der Waals surface area (Å²) in [6.07, 6.45) is 10.8. The average molecular weight is 270 g/mol. The number of aromatic nitrogens is 1. The lowest BCUT2D eigenvalue weighted by molar-refractivity contribution is 0.381. The number of thioether (sulfide) groups is 1. The van der Waals surface area contributed by atoms with Crippen LogP contribution in [0.5, 0.6) is 0 Å². The Bertz CT molecular complexity index is 338. The summed E-state index contributed by atoms with van der Waals surface area (Å²) in [7, 11) is 0. The number of rotatable bonds is 5. The smallest absolute Gasteiger partial charge is 0.0925 e. The van der Waals surface area contributed by atoms with Gasteiger partial charge >= 0.3 is 0 Å². The van der Waals surface area contributed by atoms with Crippen LogP contribution in [0.1, 0.15) is 42.5 Å². The van der Waals surface area contributed by atoms with Gasteiger partial charge < -0.3 is 5.32 Å². The minimum Gasteiger partial charge on any atom is -0.309 e. The van der Waals surface area contributed by atoms with Crippen molar-refractivity contribution in [1.82, 2.24) is 10.3 Å². The van der Waals surface area contributed by atoms with Crippen LogP contribution in [0.3, 0.4) is 0 Å². The monoisotopic (exact) mass is 270 g/mol. The molecule has 1 saturated carbocycles. The Hall–Kier alpha value is -0.0600. The quantitative estimate of drug-likeness (QED) is 0.887. The first-order valence-corrected chi connectivity index (χ1v) is 8.62. The van der Waals surface area contributed by atoms with Crippen LogP contribution in [-0.2, 0) is 13.0 Å². The summed E-state index contributed by atoms with van der Waals surface area (Å²) in [4.78, 5) is 5.79. The first-order valence-electron chi connectivity index (χ1n) is 6.51. The van der Waals surface area contributed by atoms with Gasteiger partial charge in [0, 0.05) is 28.9 Å². The Kier molecular flexibility index (Phi) is 5.32. The van der Waals surface area contributed by atoms with Gasteiger partial charge in [-0.2, -0.15) is 11.8 Å². The van der Waals surface area contributed by atoms with Crippen LogP contribution in [0, 0.1) is 0 Å². The molecule has 1 aliphatic carbocycles. The molecule has 1 N–H and O–H groups in total. The molecule has 1 aliphatic rings. The summed E-state index contributed by atoms with van der Waals surface area (Å²) in [6.45, 7) is 3.17. The minimum atomic E-state index is 0.716. The predicted octanol–water partition coefficient (Wildman–Crippen LogP) is 3.47. The molecule has 2 atom stereocenters. The van der Waals surface area contributed by atoms with Crippen LogP contribution in [0.4, 0.5) is 0 Å². The van der Waals surface area contributed by atoms with E-state index in [2.05, 4.69) is 23.5 Å². The topological polar surface area (TPSA) is 24.9 Å². The molecule has 0 aliphatic heterocycles. The maximum Gasteiger partial charge on any atom is 0.0925 e. The molecular weight excluding hydrogens is 248 g/mol. The van der Waals surface area contributed by atoms with E-state index in [9.17, 15) is 0 Å². The molecule has 0 radical (unpaired) electrons. The Labute approximate surface area is 113 Å². The third kappa shape index (κ3) is 3.97. The fraction of sp³-hybridized carbons (Fsp3) is 0.769. The zero-order chi connectivity index (χ0) is 12.1. The molecule has 1 fully saturated rings. The van der Waals surface area contributed by atoms with Crippen LogP contribution in [-0.4, -0.2) is 22.5 Å². The van der Waals surface area contributed by atoms with Crippen LogP contribution >= 0.6 is 23.1 Å². The number of hydrogen-bond donors (Lipinski definition) is 1. The van der Waals surface area contributed by atoms with E-state index in [1.165, 1.54) is 35.6 Å². The van der Waals surface area contributed by atoms with E-state index < -0.39 is 0 Å². The van der Waals surface area contributed by atoms with E-state index in [0.717, 1.165) is 18.2 Å². The highest BCUT2D eigenvalue weighted by molar-refractivity contribution is 7.99. The van der Waals surface area contributed by atoms with Gasteiger partial charge in [-0.1, -0.05) is 13.3 Å². The Morgan fingerprint density at radius 3 is 3.12 bits per heavy atom. The first kappa shape index (κ1) is 13.4. The normalized spacial score (nSPS) is 25.1. The van der Waals surface area contributed by atoms with E-state index >= 15 is 0 Å². The second-order valence-corrected chi connectivity index (χ2v) is 7.01. The molecule has 1 heterocycles. The third-order valence-electron chi connectivity index (χ3n) is 3.43. The molecular formula is C13H22N2S2. The van der Waals surface area contributed by atoms with Crippen molar-refractivity contribution in [3.63, 3.8) is 0 Å². The molecule has 0 aromatic carbocycles. The fourth-order valence-electron chi connectivity index (χ4n) is 2.38. The van der Waals surface area contributed by atoms with Gasteiger partial charge in [-0.25, -0.2) is 4.98 Å². The lowest BCUT2D eigenvalue weighted by atomic mass is 9.95. The number of nitrogens with zero attached hydrogens (tertiary/aromatic N) is 1. The van der Waals surface area contributed by atoms with Crippen molar-refractivity contribution in [2.45, 2.75) is 56.9 Å². The second-order valence-electron chi connectivity index (χ2n) is 4.68. The highest BCUT2D eigenvalue weighted by Gasteiger charge is 2.20. The molecule has 0 saturated heterocycles. The molecule has 2 rings (SSSR count). The third-order valence-corrected chi connectivity index (χ3v) is 5.66. The van der Waals surface area contributed by atoms with Gasteiger partial charge in [0.15, 0.2) is 0 Å². The van der Waals surface area contributed by atoms with Crippen LogP contribution in [0.2, 0.25) is 0 Å². The van der Waals surface area contributed by atoms with Crippen LogP contribution < -0.4 is 5.32 Å². The summed E-state index contributed by atoms with van der Waals surface area (Å²) >= 11 is 3.88. The van der Waals surface area contributed by atoms with Gasteiger partial charge in [0.05, 0.1) is 5.01 Å². The second kappa shape index (κ2) is 6.76. The molecule has 2 unspecified atom stereocenters. The maximum absolute atomic E-state index is 4.40. The van der Waals surface area contributed by atoms with E-state index in [1.807, 2.05) is 29.3 Å². The number of nitrogens with one attached hydrogen (secondary N) is 1. The lowest BCUT2D eigenvalue weighted by Crippen LogP contribution is -2.34. The van der Waals surface area contributed by atoms with Gasteiger partial charge in [0.1, 0.15) is 0 Å². The van der Waals surface area contributed by atoms with E-state index in [4.69, 9.17) is 0 Å². The number of thiazole rings is 1. The van der Waals surface area contributed by atoms with Crippen molar-refractivity contribution in [3.05, 3.63) is 16.1 Å². The van der Waals surface area contributed by atoms with Crippen molar-refractivity contribution in [2.75, 3.05) is 6.26 Å². The van der Waals surface area contributed by atoms with Crippen molar-refractivity contribution in [1.29, 1.82) is 0 Å². The molecule has 1 aromatic rings. The van der Waals surface area contributed by atoms with Crippen LogP contribution in [0.25, 0.3) is 0 Å². The summed E-state index contributed by atoms with van der Waals surface area (Å²) < 4.78 is 0. The van der Waals surface area contributed by atoms with Gasteiger partial charge in [-0.05, 0) is 31.9 Å². The van der Waals surface area contributed by atoms with Crippen molar-refractivity contribution in [2.24, 2.45) is 0 Å². The molecule has 96 valence electrons. The van der Waals surface area contributed by atoms with Crippen molar-refractivity contribution < 1.29 is 0 Å². The van der Waals surface area contributed by atoms with Gasteiger partial charge in [0.25, 0.3) is 0 Å². The largest absolute Gasteiger partial charge is 0.309 e. The molecule has 17 heavy (non-hydrogen) atoms. The standard InChI is InChI=1S/C13H22N2S2/c1-3-13-15-9-12(17-13)8-14-10-5-4-6-11(7-10)16-2/h9-11,14H,3-8H2,1-2H3. The number of hydrogen-bond acceptors (Lipinski definition) is 4. The molecule has 1 aromatic heterocycles. The Balaban J connectivity index is 1.77. The molecule has 4 heteroatoms. The zero-order valence-corrected chi connectivity index (χ0v) is 12.4. The molecule has 2 nitrogen and oxygen atoms in total. The SMILES string of the molecule is CCc1ncc(CNC2CCCC(SC)C2)s1. The van der Waals surface area contributed by atoms with Gasteiger partial charge in [-0.3, -0.25) is 0 Å². The van der Waals surface area contributed by atoms with Gasteiger partial charge in [-0.15, -0.1) is 11.3 Å². The highest BCUT2D eigenvalue weighted by atomic mass is 32.2. The molecule has 0 spiro atoms. The maximum atomic E-state index is 4.40. The Morgan fingerprint density at radius 1 is 1.53 bits per heavy atom. The summed E-state index contributed by atoms with van der Waals surface area (Å²) in [6, 6.07) is 0.716. The highest BCUT2D eigenvalue weighted by Crippen LogP contribution is 2.27. The number of aryl methyl sites for hydroxylation is 1. The summed E-state index contributed by atoms with van der Waals surface area (Å²) in [5.41, 5.74) is 0. The van der Waals surface area contributed by atoms with Gasteiger partial charge in [0.2, 0.25) is 0 Å². The lowest BCUT2D eigenvalue weighted by Gasteiger charge is -2.28. The fourth-order valence-corrected chi connectivity index (χ4v) is 4.02.